The molecule has 21 heavy (non-hydrogen) atoms. The number of aromatic nitrogens is 1. The van der Waals surface area contributed by atoms with E-state index >= 15 is 0 Å². The number of carbonyl (C=O) groups is 1. The second-order valence-electron chi connectivity index (χ2n) is 7.24. The number of nitrogens with zero attached hydrogens (tertiary/aromatic N) is 2. The molecule has 0 radical (unpaired) electrons. The Hall–Kier alpha value is -1.78. The number of anilines is 1. The molecule has 1 aromatic heterocycles. The molecule has 1 amide bonds. The van der Waals surface area contributed by atoms with Crippen molar-refractivity contribution in [1.82, 2.24) is 9.88 Å². The second kappa shape index (κ2) is 4.61. The summed E-state index contributed by atoms with van der Waals surface area (Å²) in [5.41, 5.74) is 6.48. The maximum Gasteiger partial charge on any atom is 0.410 e. The molecule has 1 saturated carbocycles. The standard InChI is InChI=1S/C16H23N3O2/c1-15(2,3)21-14(20)19-10-16(7-4-8-16)13(19)11-5-6-12(17)18-9-11/h5-6,9,13H,4,7-8,10H2,1-3H3,(H2,17,18). The normalized spacial score (nSPS) is 23.4. The summed E-state index contributed by atoms with van der Waals surface area (Å²) in [5, 5.41) is 0. The molecule has 1 atom stereocenters. The molecule has 1 aliphatic carbocycles. The lowest BCUT2D eigenvalue weighted by atomic mass is 9.57. The fraction of sp³-hybridized carbons (Fsp3) is 0.625. The Kier molecular flexibility index (Phi) is 3.11. The summed E-state index contributed by atoms with van der Waals surface area (Å²) >= 11 is 0. The van der Waals surface area contributed by atoms with Crippen LogP contribution in [0, 0.1) is 5.41 Å². The molecule has 2 heterocycles. The highest BCUT2D eigenvalue weighted by Crippen LogP contribution is 2.60. The van der Waals surface area contributed by atoms with Crippen molar-refractivity contribution in [3.8, 4) is 0 Å². The van der Waals surface area contributed by atoms with Crippen molar-refractivity contribution in [2.24, 2.45) is 5.41 Å². The van der Waals surface area contributed by atoms with Gasteiger partial charge in [-0.1, -0.05) is 12.5 Å². The topological polar surface area (TPSA) is 68.5 Å². The fourth-order valence-electron chi connectivity index (χ4n) is 3.40. The quantitative estimate of drug-likeness (QED) is 0.862. The van der Waals surface area contributed by atoms with E-state index in [4.69, 9.17) is 10.5 Å². The maximum absolute atomic E-state index is 12.4. The zero-order valence-corrected chi connectivity index (χ0v) is 12.9. The first-order valence-corrected chi connectivity index (χ1v) is 7.52. The third-order valence-corrected chi connectivity index (χ3v) is 4.48. The average Bonchev–Trinajstić information content (AvgIpc) is 2.26. The SMILES string of the molecule is CC(C)(C)OC(=O)N1CC2(CCC2)C1c1ccc(N)nc1. The molecule has 0 aromatic carbocycles. The fourth-order valence-corrected chi connectivity index (χ4v) is 3.40. The number of nitrogen functional groups attached to an aromatic ring is 1. The van der Waals surface area contributed by atoms with E-state index in [0.29, 0.717) is 5.82 Å². The van der Waals surface area contributed by atoms with E-state index in [1.54, 1.807) is 12.3 Å². The highest BCUT2D eigenvalue weighted by Gasteiger charge is 2.58. The van der Waals surface area contributed by atoms with E-state index in [0.717, 1.165) is 12.1 Å². The van der Waals surface area contributed by atoms with Gasteiger partial charge in [-0.2, -0.15) is 0 Å². The maximum atomic E-state index is 12.4. The number of hydrogen-bond donors (Lipinski definition) is 1. The van der Waals surface area contributed by atoms with E-state index in [1.807, 2.05) is 31.7 Å². The molecule has 1 unspecified atom stereocenters. The molecular formula is C16H23N3O2. The van der Waals surface area contributed by atoms with E-state index in [9.17, 15) is 4.79 Å². The number of nitrogens with two attached hydrogens (primary N) is 1. The highest BCUT2D eigenvalue weighted by atomic mass is 16.6. The molecule has 1 spiro atoms. The Morgan fingerprint density at radius 1 is 1.43 bits per heavy atom. The predicted octanol–water partition coefficient (Wildman–Crippen LogP) is 3.13. The van der Waals surface area contributed by atoms with Crippen molar-refractivity contribution < 1.29 is 9.53 Å². The highest BCUT2D eigenvalue weighted by molar-refractivity contribution is 5.71. The Balaban J connectivity index is 1.82. The number of pyridine rings is 1. The summed E-state index contributed by atoms with van der Waals surface area (Å²) in [7, 11) is 0. The van der Waals surface area contributed by atoms with Crippen molar-refractivity contribution in [3.63, 3.8) is 0 Å². The van der Waals surface area contributed by atoms with E-state index in [-0.39, 0.29) is 17.6 Å². The molecule has 2 fully saturated rings. The summed E-state index contributed by atoms with van der Waals surface area (Å²) < 4.78 is 5.52. The van der Waals surface area contributed by atoms with E-state index < -0.39 is 5.60 Å². The van der Waals surface area contributed by atoms with Crippen LogP contribution in [0.3, 0.4) is 0 Å². The van der Waals surface area contributed by atoms with Crippen molar-refractivity contribution >= 4 is 11.9 Å². The lowest BCUT2D eigenvalue weighted by Gasteiger charge is -2.62. The first kappa shape index (κ1) is 14.2. The Morgan fingerprint density at radius 3 is 2.62 bits per heavy atom. The molecule has 5 heteroatoms. The van der Waals surface area contributed by atoms with Gasteiger partial charge in [0.1, 0.15) is 11.4 Å². The molecule has 1 saturated heterocycles. The minimum absolute atomic E-state index is 0.0780. The summed E-state index contributed by atoms with van der Waals surface area (Å²) in [5.74, 6) is 0.504. The Bertz CT molecular complexity index is 544. The summed E-state index contributed by atoms with van der Waals surface area (Å²) in [6.07, 6.45) is 5.13. The molecule has 3 rings (SSSR count). The molecule has 2 N–H and O–H groups in total. The van der Waals surface area contributed by atoms with Crippen LogP contribution >= 0.6 is 0 Å². The van der Waals surface area contributed by atoms with Crippen molar-refractivity contribution in [2.45, 2.75) is 51.7 Å². The first-order valence-electron chi connectivity index (χ1n) is 7.52. The smallest absolute Gasteiger partial charge is 0.410 e. The van der Waals surface area contributed by atoms with Gasteiger partial charge in [0.15, 0.2) is 0 Å². The number of rotatable bonds is 1. The van der Waals surface area contributed by atoms with Gasteiger partial charge in [-0.3, -0.25) is 4.90 Å². The van der Waals surface area contributed by atoms with Gasteiger partial charge in [-0.15, -0.1) is 0 Å². The first-order chi connectivity index (χ1) is 9.81. The minimum Gasteiger partial charge on any atom is -0.444 e. The number of ether oxygens (including phenoxy) is 1. The summed E-state index contributed by atoms with van der Waals surface area (Å²) in [6.45, 7) is 6.47. The van der Waals surface area contributed by atoms with Crippen molar-refractivity contribution in [2.75, 3.05) is 12.3 Å². The zero-order chi connectivity index (χ0) is 15.3. The second-order valence-corrected chi connectivity index (χ2v) is 7.24. The van der Waals surface area contributed by atoms with Crippen LogP contribution in [0.15, 0.2) is 18.3 Å². The van der Waals surface area contributed by atoms with E-state index in [2.05, 4.69) is 4.98 Å². The van der Waals surface area contributed by atoms with Crippen LogP contribution in [0.4, 0.5) is 10.6 Å². The minimum atomic E-state index is -0.469. The van der Waals surface area contributed by atoms with Gasteiger partial charge in [0.05, 0.1) is 6.04 Å². The lowest BCUT2D eigenvalue weighted by molar-refractivity contribution is -0.124. The zero-order valence-electron chi connectivity index (χ0n) is 12.9. The van der Waals surface area contributed by atoms with Gasteiger partial charge < -0.3 is 10.5 Å². The Morgan fingerprint density at radius 2 is 2.14 bits per heavy atom. The van der Waals surface area contributed by atoms with Crippen LogP contribution in [0.1, 0.15) is 51.6 Å². The van der Waals surface area contributed by atoms with Gasteiger partial charge in [0, 0.05) is 18.2 Å². The molecular weight excluding hydrogens is 266 g/mol. The van der Waals surface area contributed by atoms with Crippen molar-refractivity contribution in [3.05, 3.63) is 23.9 Å². The lowest BCUT2D eigenvalue weighted by Crippen LogP contribution is -2.63. The van der Waals surface area contributed by atoms with Gasteiger partial charge >= 0.3 is 6.09 Å². The van der Waals surface area contributed by atoms with Crippen molar-refractivity contribution in [1.29, 1.82) is 0 Å². The van der Waals surface area contributed by atoms with Gasteiger partial charge in [-0.05, 0) is 45.2 Å². The molecule has 1 aromatic rings. The molecule has 0 bridgehead atoms. The molecule has 5 nitrogen and oxygen atoms in total. The summed E-state index contributed by atoms with van der Waals surface area (Å²) in [4.78, 5) is 18.4. The van der Waals surface area contributed by atoms with Gasteiger partial charge in [-0.25, -0.2) is 9.78 Å². The van der Waals surface area contributed by atoms with Crippen LogP contribution in [-0.4, -0.2) is 28.1 Å². The van der Waals surface area contributed by atoms with Crippen LogP contribution in [0.2, 0.25) is 0 Å². The van der Waals surface area contributed by atoms with E-state index in [1.165, 1.54) is 19.3 Å². The third-order valence-electron chi connectivity index (χ3n) is 4.48. The monoisotopic (exact) mass is 289 g/mol. The van der Waals surface area contributed by atoms with Gasteiger partial charge in [0.2, 0.25) is 0 Å². The molecule has 2 aliphatic rings. The van der Waals surface area contributed by atoms with Crippen LogP contribution < -0.4 is 5.73 Å². The third kappa shape index (κ3) is 2.45. The largest absolute Gasteiger partial charge is 0.444 e. The number of carbonyl (C=O) groups excluding carboxylic acids is 1. The number of amides is 1. The number of likely N-dealkylation sites (tertiary alicyclic amines) is 1. The molecule has 1 aliphatic heterocycles. The number of hydrogen-bond acceptors (Lipinski definition) is 4. The van der Waals surface area contributed by atoms with Gasteiger partial charge in [0.25, 0.3) is 0 Å². The Labute approximate surface area is 125 Å². The molecule has 114 valence electrons. The predicted molar refractivity (Wildman–Crippen MR) is 80.6 cm³/mol. The van der Waals surface area contributed by atoms with Crippen LogP contribution in [0.25, 0.3) is 0 Å². The van der Waals surface area contributed by atoms with Crippen LogP contribution in [-0.2, 0) is 4.74 Å². The average molecular weight is 289 g/mol. The van der Waals surface area contributed by atoms with Crippen LogP contribution in [0.5, 0.6) is 0 Å². The summed E-state index contributed by atoms with van der Waals surface area (Å²) in [6, 6.07) is 3.85.